The quantitative estimate of drug-likeness (QED) is 0.759. The van der Waals surface area contributed by atoms with Gasteiger partial charge in [-0.05, 0) is 76.3 Å². The largest absolute Gasteiger partial charge is 0.335 e. The zero-order chi connectivity index (χ0) is 21.3. The topological polar surface area (TPSA) is 52.7 Å². The van der Waals surface area contributed by atoms with Crippen molar-refractivity contribution in [1.29, 1.82) is 0 Å². The maximum absolute atomic E-state index is 12.9. The molecule has 30 heavy (non-hydrogen) atoms. The molecular weight excluding hydrogens is 374 g/mol. The van der Waals surface area contributed by atoms with Crippen LogP contribution in [0.25, 0.3) is 0 Å². The monoisotopic (exact) mass is 417 g/mol. The van der Waals surface area contributed by atoms with Crippen LogP contribution in [0.15, 0.2) is 0 Å². The number of rotatable bonds is 3. The van der Waals surface area contributed by atoms with Crippen molar-refractivity contribution in [2.75, 3.05) is 19.6 Å². The SMILES string of the molecule is CC(=O)N1C(C)CN(C(=O)C2CC2)C2CC(C3CCNC3)CCC21.CCC1CCC1. The minimum absolute atomic E-state index is 0.149. The van der Waals surface area contributed by atoms with Crippen molar-refractivity contribution in [3.63, 3.8) is 0 Å². The van der Waals surface area contributed by atoms with Crippen LogP contribution in [0.3, 0.4) is 0 Å². The third-order valence-corrected chi connectivity index (χ3v) is 8.66. The van der Waals surface area contributed by atoms with Crippen molar-refractivity contribution in [3.8, 4) is 0 Å². The van der Waals surface area contributed by atoms with Crippen molar-refractivity contribution in [1.82, 2.24) is 15.1 Å². The van der Waals surface area contributed by atoms with Gasteiger partial charge in [0.2, 0.25) is 11.8 Å². The third kappa shape index (κ3) is 4.71. The predicted molar refractivity (Wildman–Crippen MR) is 120 cm³/mol. The minimum Gasteiger partial charge on any atom is -0.335 e. The molecule has 0 bridgehead atoms. The molecule has 5 unspecified atom stereocenters. The van der Waals surface area contributed by atoms with Gasteiger partial charge in [-0.15, -0.1) is 0 Å². The molecule has 3 aliphatic carbocycles. The predicted octanol–water partition coefficient (Wildman–Crippen LogP) is 3.82. The summed E-state index contributed by atoms with van der Waals surface area (Å²) in [6.45, 7) is 9.08. The van der Waals surface area contributed by atoms with Crippen LogP contribution in [0, 0.1) is 23.7 Å². The molecule has 0 aromatic rings. The summed E-state index contributed by atoms with van der Waals surface area (Å²) in [4.78, 5) is 29.4. The summed E-state index contributed by atoms with van der Waals surface area (Å²) in [7, 11) is 0. The van der Waals surface area contributed by atoms with Crippen molar-refractivity contribution in [3.05, 3.63) is 0 Å². The average molecular weight is 418 g/mol. The van der Waals surface area contributed by atoms with E-state index in [0.29, 0.717) is 11.8 Å². The van der Waals surface area contributed by atoms with E-state index >= 15 is 0 Å². The first-order chi connectivity index (χ1) is 14.5. The van der Waals surface area contributed by atoms with E-state index in [1.807, 2.05) is 0 Å². The van der Waals surface area contributed by atoms with Gasteiger partial charge in [0.25, 0.3) is 0 Å². The summed E-state index contributed by atoms with van der Waals surface area (Å²) in [5.74, 6) is 3.40. The Kier molecular flexibility index (Phi) is 7.06. The molecule has 5 nitrogen and oxygen atoms in total. The molecule has 170 valence electrons. The molecule has 5 aliphatic rings. The molecule has 5 heteroatoms. The first-order valence-corrected chi connectivity index (χ1v) is 12.8. The summed E-state index contributed by atoms with van der Waals surface area (Å²) in [5.41, 5.74) is 0. The van der Waals surface area contributed by atoms with Gasteiger partial charge in [0.15, 0.2) is 0 Å². The molecule has 2 amide bonds. The van der Waals surface area contributed by atoms with Gasteiger partial charge in [0.1, 0.15) is 0 Å². The lowest BCUT2D eigenvalue weighted by atomic mass is 9.73. The first-order valence-electron chi connectivity index (χ1n) is 12.8. The zero-order valence-electron chi connectivity index (χ0n) is 19.4. The average Bonchev–Trinajstić information content (AvgIpc) is 3.40. The number of carbonyl (C=O) groups excluding carboxylic acids is 2. The van der Waals surface area contributed by atoms with Crippen LogP contribution in [0.1, 0.15) is 85.0 Å². The van der Waals surface area contributed by atoms with Gasteiger partial charge in [-0.2, -0.15) is 0 Å². The van der Waals surface area contributed by atoms with Crippen LogP contribution >= 0.6 is 0 Å². The fourth-order valence-corrected chi connectivity index (χ4v) is 6.43. The minimum atomic E-state index is 0.149. The molecule has 1 N–H and O–H groups in total. The number of hydrogen-bond acceptors (Lipinski definition) is 3. The molecule has 2 heterocycles. The van der Waals surface area contributed by atoms with E-state index in [0.717, 1.165) is 57.2 Å². The van der Waals surface area contributed by atoms with Crippen LogP contribution in [-0.4, -0.2) is 59.4 Å². The Morgan fingerprint density at radius 3 is 2.23 bits per heavy atom. The lowest BCUT2D eigenvalue weighted by Crippen LogP contribution is -2.67. The Balaban J connectivity index is 0.000000313. The Morgan fingerprint density at radius 2 is 1.73 bits per heavy atom. The second-order valence-electron chi connectivity index (χ2n) is 10.7. The van der Waals surface area contributed by atoms with E-state index in [1.54, 1.807) is 6.92 Å². The van der Waals surface area contributed by atoms with E-state index < -0.39 is 0 Å². The summed E-state index contributed by atoms with van der Waals surface area (Å²) in [6.07, 6.45) is 12.7. The summed E-state index contributed by atoms with van der Waals surface area (Å²) < 4.78 is 0. The van der Waals surface area contributed by atoms with E-state index in [2.05, 4.69) is 29.0 Å². The number of carbonyl (C=O) groups is 2. The molecule has 3 saturated carbocycles. The molecule has 2 aliphatic heterocycles. The summed E-state index contributed by atoms with van der Waals surface area (Å²) >= 11 is 0. The smallest absolute Gasteiger partial charge is 0.226 e. The Bertz CT molecular complexity index is 607. The van der Waals surface area contributed by atoms with Gasteiger partial charge in [-0.3, -0.25) is 9.59 Å². The third-order valence-electron chi connectivity index (χ3n) is 8.66. The standard InChI is InChI=1S/C19H31N3O2.C6H12/c1-12-11-21(19(24)14-3-4-14)18-9-15(16-7-8-20-10-16)5-6-17(18)22(12)13(2)23;1-2-6-4-3-5-6/h12,14-18,20H,3-11H2,1-2H3;6H,2-5H2,1H3. The molecule has 0 aromatic heterocycles. The number of amides is 2. The van der Waals surface area contributed by atoms with E-state index in [1.165, 1.54) is 38.5 Å². The maximum Gasteiger partial charge on any atom is 0.226 e. The molecule has 0 radical (unpaired) electrons. The number of nitrogens with zero attached hydrogens (tertiary/aromatic N) is 2. The Morgan fingerprint density at radius 1 is 0.967 bits per heavy atom. The van der Waals surface area contributed by atoms with Crippen molar-refractivity contribution in [2.24, 2.45) is 23.7 Å². The van der Waals surface area contributed by atoms with Crippen LogP contribution in [0.4, 0.5) is 0 Å². The van der Waals surface area contributed by atoms with Crippen LogP contribution < -0.4 is 5.32 Å². The molecule has 0 aromatic carbocycles. The van der Waals surface area contributed by atoms with Gasteiger partial charge < -0.3 is 15.1 Å². The maximum atomic E-state index is 12.9. The highest BCUT2D eigenvalue weighted by molar-refractivity contribution is 5.82. The molecule has 5 atom stereocenters. The van der Waals surface area contributed by atoms with Crippen molar-refractivity contribution >= 4 is 11.8 Å². The van der Waals surface area contributed by atoms with Crippen LogP contribution in [0.5, 0.6) is 0 Å². The van der Waals surface area contributed by atoms with Crippen LogP contribution in [-0.2, 0) is 9.59 Å². The fraction of sp³-hybridized carbons (Fsp3) is 0.920. The normalized spacial score (nSPS) is 36.4. The van der Waals surface area contributed by atoms with E-state index in [-0.39, 0.29) is 30.0 Å². The number of fused-ring (bicyclic) bond motifs is 1. The Labute approximate surface area is 183 Å². The Hall–Kier alpha value is -1.10. The first kappa shape index (κ1) is 22.1. The van der Waals surface area contributed by atoms with Gasteiger partial charge in [0, 0.05) is 25.4 Å². The molecule has 2 saturated heterocycles. The van der Waals surface area contributed by atoms with Crippen molar-refractivity contribution in [2.45, 2.75) is 103 Å². The van der Waals surface area contributed by atoms with E-state index in [9.17, 15) is 9.59 Å². The highest BCUT2D eigenvalue weighted by atomic mass is 16.2. The number of nitrogens with one attached hydrogen (secondary N) is 1. The van der Waals surface area contributed by atoms with Gasteiger partial charge in [0.05, 0.1) is 12.1 Å². The van der Waals surface area contributed by atoms with Gasteiger partial charge >= 0.3 is 0 Å². The fourth-order valence-electron chi connectivity index (χ4n) is 6.43. The summed E-state index contributed by atoms with van der Waals surface area (Å²) in [6, 6.07) is 0.633. The second-order valence-corrected chi connectivity index (χ2v) is 10.7. The van der Waals surface area contributed by atoms with Crippen LogP contribution in [0.2, 0.25) is 0 Å². The second kappa shape index (κ2) is 9.58. The number of piperazine rings is 1. The zero-order valence-corrected chi connectivity index (χ0v) is 19.4. The molecule has 0 spiro atoms. The molecule has 5 fully saturated rings. The highest BCUT2D eigenvalue weighted by Gasteiger charge is 2.49. The molecular formula is C25H43N3O2. The van der Waals surface area contributed by atoms with Crippen molar-refractivity contribution < 1.29 is 9.59 Å². The molecule has 5 rings (SSSR count). The lowest BCUT2D eigenvalue weighted by molar-refractivity contribution is -0.155. The number of hydrogen-bond donors (Lipinski definition) is 1. The van der Waals surface area contributed by atoms with Gasteiger partial charge in [-0.1, -0.05) is 32.6 Å². The van der Waals surface area contributed by atoms with Gasteiger partial charge in [-0.25, -0.2) is 0 Å². The highest BCUT2D eigenvalue weighted by Crippen LogP contribution is 2.42. The van der Waals surface area contributed by atoms with E-state index in [4.69, 9.17) is 0 Å². The lowest BCUT2D eigenvalue weighted by Gasteiger charge is -2.54. The summed E-state index contributed by atoms with van der Waals surface area (Å²) in [5, 5.41) is 3.49.